The predicted molar refractivity (Wildman–Crippen MR) is 65.6 cm³/mol. The van der Waals surface area contributed by atoms with Gasteiger partial charge in [-0.05, 0) is 12.1 Å². The molecule has 0 spiro atoms. The second-order valence-electron chi connectivity index (χ2n) is 4.27. The molecule has 5 heteroatoms. The number of anilines is 1. The molecule has 3 rings (SSSR count). The number of hydrogen-bond donors (Lipinski definition) is 2. The van der Waals surface area contributed by atoms with Crippen LogP contribution in [0.3, 0.4) is 0 Å². The summed E-state index contributed by atoms with van der Waals surface area (Å²) in [7, 11) is 0. The maximum absolute atomic E-state index is 6.11. The second kappa shape index (κ2) is 4.43. The Balaban J connectivity index is 1.96. The first-order valence-corrected chi connectivity index (χ1v) is 5.98. The van der Waals surface area contributed by atoms with Crippen molar-refractivity contribution in [1.29, 1.82) is 0 Å². The fourth-order valence-corrected chi connectivity index (χ4v) is 2.31. The smallest absolute Gasteiger partial charge is 0.184 e. The number of hydrogen-bond acceptors (Lipinski definition) is 5. The third kappa shape index (κ3) is 1.92. The summed E-state index contributed by atoms with van der Waals surface area (Å²) in [5, 5.41) is 3.28. The zero-order chi connectivity index (χ0) is 11.7. The van der Waals surface area contributed by atoms with E-state index in [0.717, 1.165) is 36.8 Å². The van der Waals surface area contributed by atoms with Crippen molar-refractivity contribution >= 4 is 5.69 Å². The number of piperazine rings is 1. The molecule has 0 aliphatic carbocycles. The summed E-state index contributed by atoms with van der Waals surface area (Å²) in [5.41, 5.74) is 7.15. The lowest BCUT2D eigenvalue weighted by molar-refractivity contribution is 0.171. The molecule has 1 unspecified atom stereocenters. The van der Waals surface area contributed by atoms with Crippen LogP contribution in [0, 0.1) is 0 Å². The maximum atomic E-state index is 6.11. The Bertz CT molecular complexity index is 411. The number of fused-ring (bicyclic) bond motifs is 1. The molecule has 0 amide bonds. The molecule has 1 aromatic carbocycles. The quantitative estimate of drug-likeness (QED) is 0.725. The van der Waals surface area contributed by atoms with Gasteiger partial charge in [-0.15, -0.1) is 0 Å². The maximum Gasteiger partial charge on any atom is 0.184 e. The molecule has 2 heterocycles. The molecule has 0 bridgehead atoms. The van der Waals surface area contributed by atoms with Gasteiger partial charge < -0.3 is 25.4 Å². The Morgan fingerprint density at radius 3 is 3.06 bits per heavy atom. The van der Waals surface area contributed by atoms with Crippen LogP contribution in [-0.4, -0.2) is 39.0 Å². The standard InChI is InChI=1S/C12H17N3O2/c13-11-8-14-4-5-15(11)9-2-1-3-10-12(9)17-7-6-16-10/h1-3,11,14H,4-8,13H2. The summed E-state index contributed by atoms with van der Waals surface area (Å²) in [4.78, 5) is 2.17. The highest BCUT2D eigenvalue weighted by molar-refractivity contribution is 5.65. The molecule has 1 atom stereocenters. The van der Waals surface area contributed by atoms with Crippen molar-refractivity contribution in [3.8, 4) is 11.5 Å². The third-order valence-corrected chi connectivity index (χ3v) is 3.14. The van der Waals surface area contributed by atoms with Crippen LogP contribution in [0.15, 0.2) is 18.2 Å². The topological polar surface area (TPSA) is 59.8 Å². The van der Waals surface area contributed by atoms with Gasteiger partial charge in [0.1, 0.15) is 13.2 Å². The Kier molecular flexibility index (Phi) is 2.78. The van der Waals surface area contributed by atoms with Gasteiger partial charge in [0.25, 0.3) is 0 Å². The van der Waals surface area contributed by atoms with Gasteiger partial charge in [-0.1, -0.05) is 6.07 Å². The van der Waals surface area contributed by atoms with E-state index in [1.54, 1.807) is 0 Å². The van der Waals surface area contributed by atoms with Crippen molar-refractivity contribution < 1.29 is 9.47 Å². The summed E-state index contributed by atoms with van der Waals surface area (Å²) in [6.07, 6.45) is -0.0132. The van der Waals surface area contributed by atoms with Crippen LogP contribution in [0.1, 0.15) is 0 Å². The van der Waals surface area contributed by atoms with Crippen LogP contribution in [-0.2, 0) is 0 Å². The van der Waals surface area contributed by atoms with E-state index in [1.165, 1.54) is 0 Å². The molecule has 1 saturated heterocycles. The molecule has 17 heavy (non-hydrogen) atoms. The first-order valence-electron chi connectivity index (χ1n) is 5.98. The summed E-state index contributed by atoms with van der Waals surface area (Å²) in [6.45, 7) is 3.85. The van der Waals surface area contributed by atoms with E-state index < -0.39 is 0 Å². The number of nitrogens with zero attached hydrogens (tertiary/aromatic N) is 1. The van der Waals surface area contributed by atoms with E-state index in [-0.39, 0.29) is 6.17 Å². The van der Waals surface area contributed by atoms with E-state index in [0.29, 0.717) is 13.2 Å². The molecule has 1 fully saturated rings. The van der Waals surface area contributed by atoms with Crippen LogP contribution in [0.5, 0.6) is 11.5 Å². The average Bonchev–Trinajstić information content (AvgIpc) is 2.39. The molecule has 0 radical (unpaired) electrons. The zero-order valence-corrected chi connectivity index (χ0v) is 9.69. The van der Waals surface area contributed by atoms with Crippen LogP contribution in [0.4, 0.5) is 5.69 Å². The average molecular weight is 235 g/mol. The molecular formula is C12H17N3O2. The Hall–Kier alpha value is -1.46. The van der Waals surface area contributed by atoms with Gasteiger partial charge in [0.2, 0.25) is 0 Å². The Morgan fingerprint density at radius 2 is 2.18 bits per heavy atom. The number of ether oxygens (including phenoxy) is 2. The largest absolute Gasteiger partial charge is 0.486 e. The summed E-state index contributed by atoms with van der Waals surface area (Å²) in [6, 6.07) is 5.96. The van der Waals surface area contributed by atoms with Crippen molar-refractivity contribution in [1.82, 2.24) is 5.32 Å². The van der Waals surface area contributed by atoms with Crippen LogP contribution < -0.4 is 25.4 Å². The van der Waals surface area contributed by atoms with E-state index in [4.69, 9.17) is 15.2 Å². The lowest BCUT2D eigenvalue weighted by Gasteiger charge is -2.37. The monoisotopic (exact) mass is 235 g/mol. The molecule has 92 valence electrons. The number of para-hydroxylation sites is 1. The zero-order valence-electron chi connectivity index (χ0n) is 9.69. The highest BCUT2D eigenvalue weighted by Gasteiger charge is 2.25. The van der Waals surface area contributed by atoms with Gasteiger partial charge in [-0.3, -0.25) is 0 Å². The molecule has 0 aromatic heterocycles. The van der Waals surface area contributed by atoms with Crippen molar-refractivity contribution in [3.63, 3.8) is 0 Å². The van der Waals surface area contributed by atoms with Gasteiger partial charge >= 0.3 is 0 Å². The van der Waals surface area contributed by atoms with Crippen molar-refractivity contribution in [2.45, 2.75) is 6.17 Å². The fraction of sp³-hybridized carbons (Fsp3) is 0.500. The van der Waals surface area contributed by atoms with E-state index in [9.17, 15) is 0 Å². The van der Waals surface area contributed by atoms with Crippen LogP contribution in [0.25, 0.3) is 0 Å². The molecule has 1 aromatic rings. The first kappa shape index (κ1) is 10.7. The van der Waals surface area contributed by atoms with Gasteiger partial charge in [0.05, 0.1) is 11.9 Å². The first-order chi connectivity index (χ1) is 8.36. The van der Waals surface area contributed by atoms with Gasteiger partial charge in [0.15, 0.2) is 11.5 Å². The Morgan fingerprint density at radius 1 is 1.29 bits per heavy atom. The highest BCUT2D eigenvalue weighted by Crippen LogP contribution is 2.39. The van der Waals surface area contributed by atoms with Crippen LogP contribution in [0.2, 0.25) is 0 Å². The predicted octanol–water partition coefficient (Wildman–Crippen LogP) is 0.152. The molecule has 2 aliphatic heterocycles. The summed E-state index contributed by atoms with van der Waals surface area (Å²) < 4.78 is 11.3. The number of rotatable bonds is 1. The van der Waals surface area contributed by atoms with Crippen molar-refractivity contribution in [3.05, 3.63) is 18.2 Å². The van der Waals surface area contributed by atoms with Gasteiger partial charge in [-0.2, -0.15) is 0 Å². The Labute approximate surface area is 100 Å². The molecule has 5 nitrogen and oxygen atoms in total. The third-order valence-electron chi connectivity index (χ3n) is 3.14. The summed E-state index contributed by atoms with van der Waals surface area (Å²) in [5.74, 6) is 1.65. The number of nitrogens with two attached hydrogens (primary N) is 1. The number of benzene rings is 1. The lowest BCUT2D eigenvalue weighted by Crippen LogP contribution is -2.56. The minimum absolute atomic E-state index is 0.0132. The number of nitrogens with one attached hydrogen (secondary N) is 1. The molecule has 0 saturated carbocycles. The van der Waals surface area contributed by atoms with E-state index >= 15 is 0 Å². The molecular weight excluding hydrogens is 218 g/mol. The normalized spacial score (nSPS) is 23.6. The summed E-state index contributed by atoms with van der Waals surface area (Å²) >= 11 is 0. The second-order valence-corrected chi connectivity index (χ2v) is 4.27. The van der Waals surface area contributed by atoms with E-state index in [1.807, 2.05) is 18.2 Å². The van der Waals surface area contributed by atoms with Crippen molar-refractivity contribution in [2.75, 3.05) is 37.7 Å². The fourth-order valence-electron chi connectivity index (χ4n) is 2.31. The SMILES string of the molecule is NC1CNCCN1c1cccc2c1OCCO2. The van der Waals surface area contributed by atoms with Gasteiger partial charge in [-0.25, -0.2) is 0 Å². The molecule has 2 aliphatic rings. The minimum atomic E-state index is -0.0132. The van der Waals surface area contributed by atoms with Crippen LogP contribution >= 0.6 is 0 Å². The highest BCUT2D eigenvalue weighted by atomic mass is 16.6. The van der Waals surface area contributed by atoms with E-state index in [2.05, 4.69) is 10.2 Å². The minimum Gasteiger partial charge on any atom is -0.486 e. The van der Waals surface area contributed by atoms with Gasteiger partial charge in [0, 0.05) is 19.6 Å². The lowest BCUT2D eigenvalue weighted by atomic mass is 10.2. The molecule has 3 N–H and O–H groups in total. The van der Waals surface area contributed by atoms with Crippen molar-refractivity contribution in [2.24, 2.45) is 5.73 Å².